The molecule has 31 heteroatoms. The first kappa shape index (κ1) is 113. The molecule has 2 aromatic rings. The standard InChI is InChI=1S/C28H41N3O6.C27H34N2O5.C27H32N2O5.C25H36N2O6/c1-26(2,3)18-16-22(34)30(24(18)36)14-12-29(21(33)11-10-20(32)28(7,8)9)13-15-31-23(35)17-19(25(31)37)27(4,5)6;2*1-25(2,3)18-13-20(30)28(23(18)33)16-10-15(22(32)27(7,8)9)11-17(12-16)29-21(31)14-19(24(29)34)26(4,5)6;1-23(2,3)16-10-19(29)26(21(16)31)12-15(33-14-18(28)25(7,8)9)13-27-20(30)11-17(22(27)32)24(4,5)6/h16-17H,10-15H2,1-9H3;10-13,19H,14H2,1-9H3;10-14H,1-9H3;10-11,15H,12-14H2,1-9H3. The van der Waals surface area contributed by atoms with E-state index in [2.05, 4.69) is 0 Å². The highest BCUT2D eigenvalue weighted by Crippen LogP contribution is 2.45. The van der Waals surface area contributed by atoms with Gasteiger partial charge in [-0.3, -0.25) is 125 Å². The van der Waals surface area contributed by atoms with Crippen LogP contribution in [0, 0.1) is 70.9 Å². The molecule has 1 unspecified atom stereocenters. The van der Waals surface area contributed by atoms with Gasteiger partial charge in [-0.15, -0.1) is 0 Å². The zero-order chi connectivity index (χ0) is 106. The Balaban J connectivity index is 0.000000251. The lowest BCUT2D eigenvalue weighted by molar-refractivity contribution is -0.145. The highest BCUT2D eigenvalue weighted by molar-refractivity contribution is 6.34. The van der Waals surface area contributed by atoms with Crippen LogP contribution in [0.15, 0.2) is 118 Å². The minimum Gasteiger partial charge on any atom is -0.367 e. The number of imide groups is 8. The molecule has 0 saturated carbocycles. The van der Waals surface area contributed by atoms with E-state index in [9.17, 15) is 101 Å². The number of Topliss-reactive ketones (excluding diaryl/α,β-unsaturated/α-hetero) is 4. The number of amides is 17. The van der Waals surface area contributed by atoms with Crippen molar-refractivity contribution in [2.45, 2.75) is 275 Å². The topological polar surface area (TPSA) is 397 Å². The quantitative estimate of drug-likeness (QED) is 0.0780. The van der Waals surface area contributed by atoms with Crippen molar-refractivity contribution in [3.8, 4) is 0 Å². The second-order valence-corrected chi connectivity index (χ2v) is 48.7. The SMILES string of the molecule is CC(C)(C)C(=O)CCC(=O)N(CCN1C(=O)C=C(C(C)(C)C)C1=O)CCN1C(=O)C=C(C(C)(C)C)C1=O.CC(C)(C)C(=O)COC(CN1C(=O)C=C(C(C)(C)C)C1=O)CN1C(=O)C=C(C(C)(C)C)C1=O.CC(C)(C)C(=O)c1cc(N2C(=O)C=C(C(C)(C)C)C2=O)cc(N2C(=O)C=C(C(C)(C)C)C2=O)c1.CC(C)(C)C(=O)c1cc(N2C(=O)C=C(C(C)(C)C)C2=O)cc(N2C(=O)CC(C(C)(C)C)C2=O)c1. The molecule has 8 aliphatic rings. The van der Waals surface area contributed by atoms with E-state index in [1.165, 1.54) is 83.8 Å². The molecular formula is C107H143N9O22. The van der Waals surface area contributed by atoms with Crippen LogP contribution < -0.4 is 19.6 Å². The molecule has 1 saturated heterocycles. The lowest BCUT2D eigenvalue weighted by Gasteiger charge is -2.29. The summed E-state index contributed by atoms with van der Waals surface area (Å²) in [6.07, 6.45) is 8.35. The summed E-state index contributed by atoms with van der Waals surface area (Å²) in [4.78, 5) is 280. The van der Waals surface area contributed by atoms with Gasteiger partial charge in [0.15, 0.2) is 17.3 Å². The monoisotopic (exact) mass is 1910 g/mol. The van der Waals surface area contributed by atoms with Gasteiger partial charge in [0.05, 0.1) is 47.9 Å². The Morgan fingerprint density at radius 2 is 0.565 bits per heavy atom. The minimum atomic E-state index is -0.905. The lowest BCUT2D eigenvalue weighted by Crippen LogP contribution is -2.47. The second kappa shape index (κ2) is 40.0. The second-order valence-electron chi connectivity index (χ2n) is 48.7. The molecule has 1 fully saturated rings. The smallest absolute Gasteiger partial charge is 0.261 e. The first-order valence-electron chi connectivity index (χ1n) is 46.6. The largest absolute Gasteiger partial charge is 0.367 e. The number of carbonyl (C=O) groups is 21. The van der Waals surface area contributed by atoms with Crippen LogP contribution in [0.1, 0.15) is 289 Å². The van der Waals surface area contributed by atoms with E-state index in [0.29, 0.717) is 39.0 Å². The Kier molecular flexibility index (Phi) is 32.7. The number of anilines is 4. The molecule has 748 valence electrons. The van der Waals surface area contributed by atoms with E-state index < -0.39 is 160 Å². The Bertz CT molecular complexity index is 5350. The van der Waals surface area contributed by atoms with Gasteiger partial charge in [0.2, 0.25) is 17.7 Å². The van der Waals surface area contributed by atoms with Gasteiger partial charge >= 0.3 is 0 Å². The molecule has 8 aliphatic heterocycles. The van der Waals surface area contributed by atoms with E-state index in [1.54, 1.807) is 83.1 Å². The Morgan fingerprint density at radius 3 is 0.804 bits per heavy atom. The highest BCUT2D eigenvalue weighted by Gasteiger charge is 2.50. The minimum absolute atomic E-state index is 0.0277. The first-order valence-corrected chi connectivity index (χ1v) is 46.6. The number of nitrogens with zero attached hydrogens (tertiary/aromatic N) is 9. The Labute approximate surface area is 812 Å². The fourth-order valence-corrected chi connectivity index (χ4v) is 15.7. The summed E-state index contributed by atoms with van der Waals surface area (Å²) in [5, 5.41) is 0. The van der Waals surface area contributed by atoms with E-state index in [1.807, 2.05) is 166 Å². The van der Waals surface area contributed by atoms with Gasteiger partial charge in [-0.25, -0.2) is 14.7 Å². The lowest BCUT2D eigenvalue weighted by atomic mass is 9.80. The van der Waals surface area contributed by atoms with Crippen LogP contribution in [0.2, 0.25) is 0 Å². The zero-order valence-corrected chi connectivity index (χ0v) is 87.7. The Morgan fingerprint density at radius 1 is 0.312 bits per heavy atom. The number of hydrogen-bond donors (Lipinski definition) is 0. The van der Waals surface area contributed by atoms with Crippen molar-refractivity contribution >= 4 is 146 Å². The molecule has 0 N–H and O–H groups in total. The average Bonchev–Trinajstić information content (AvgIpc) is 1.59. The maximum Gasteiger partial charge on any atom is 0.261 e. The van der Waals surface area contributed by atoms with Gasteiger partial charge in [0.25, 0.3) is 82.7 Å². The van der Waals surface area contributed by atoms with Crippen LogP contribution in [0.5, 0.6) is 0 Å². The number of ether oxygens (including phenoxy) is 1. The molecule has 10 rings (SSSR count). The van der Waals surface area contributed by atoms with Crippen LogP contribution in [0.3, 0.4) is 0 Å². The van der Waals surface area contributed by atoms with E-state index in [-0.39, 0.29) is 140 Å². The summed E-state index contributed by atoms with van der Waals surface area (Å²) in [6, 6.07) is 8.82. The van der Waals surface area contributed by atoms with E-state index in [0.717, 1.165) is 39.2 Å². The third kappa shape index (κ3) is 26.1. The molecule has 138 heavy (non-hydrogen) atoms. The molecule has 17 amide bonds. The fourth-order valence-electron chi connectivity index (χ4n) is 15.7. The van der Waals surface area contributed by atoms with Crippen molar-refractivity contribution in [1.82, 2.24) is 24.5 Å². The van der Waals surface area contributed by atoms with Crippen LogP contribution in [-0.2, 0) is 95.8 Å². The number of benzene rings is 2. The summed E-state index contributed by atoms with van der Waals surface area (Å²) in [5.74, 6) is -8.81. The Hall–Kier alpha value is -12.2. The molecule has 0 bridgehead atoms. The summed E-state index contributed by atoms with van der Waals surface area (Å²) < 4.78 is 5.80. The average molecular weight is 1910 g/mol. The third-order valence-corrected chi connectivity index (χ3v) is 24.4. The number of hydrogen-bond acceptors (Lipinski definition) is 22. The summed E-state index contributed by atoms with van der Waals surface area (Å²) in [6.45, 7) is 64.9. The van der Waals surface area contributed by atoms with E-state index in [4.69, 9.17) is 4.74 Å². The van der Waals surface area contributed by atoms with Crippen LogP contribution in [0.4, 0.5) is 22.7 Å². The van der Waals surface area contributed by atoms with Crippen LogP contribution in [0.25, 0.3) is 0 Å². The molecular weight excluding hydrogens is 1760 g/mol. The first-order chi connectivity index (χ1) is 62.3. The maximum absolute atomic E-state index is 13.2. The number of ketones is 4. The molecule has 1 atom stereocenters. The van der Waals surface area contributed by atoms with Gasteiger partial charge in [-0.2, -0.15) is 0 Å². The predicted octanol–water partition coefficient (Wildman–Crippen LogP) is 14.9. The zero-order valence-electron chi connectivity index (χ0n) is 87.7. The van der Waals surface area contributed by atoms with Crippen molar-refractivity contribution in [1.29, 1.82) is 0 Å². The number of rotatable bonds is 22. The normalized spacial score (nSPS) is 18.1. The van der Waals surface area contributed by atoms with Crippen molar-refractivity contribution in [2.75, 3.05) is 65.5 Å². The molecule has 2 aromatic carbocycles. The van der Waals surface area contributed by atoms with Crippen molar-refractivity contribution in [2.24, 2.45) is 70.9 Å². The number of carbonyl (C=O) groups excluding carboxylic acids is 21. The van der Waals surface area contributed by atoms with Gasteiger partial charge in [0.1, 0.15) is 12.4 Å². The van der Waals surface area contributed by atoms with Gasteiger partial charge in [0, 0.05) is 160 Å². The summed E-state index contributed by atoms with van der Waals surface area (Å²) >= 11 is 0. The summed E-state index contributed by atoms with van der Waals surface area (Å²) in [5.41, 5.74) is -3.23. The van der Waals surface area contributed by atoms with E-state index >= 15 is 0 Å². The fraction of sp³-hybridized carbons (Fsp3) is 0.561. The van der Waals surface area contributed by atoms with Crippen molar-refractivity contribution < 1.29 is 105 Å². The third-order valence-electron chi connectivity index (χ3n) is 24.4. The van der Waals surface area contributed by atoms with Gasteiger partial charge in [-0.1, -0.05) is 249 Å². The molecule has 0 aromatic heterocycles. The van der Waals surface area contributed by atoms with Crippen LogP contribution >= 0.6 is 0 Å². The molecule has 8 heterocycles. The summed E-state index contributed by atoms with van der Waals surface area (Å²) in [7, 11) is 0. The molecule has 0 aliphatic carbocycles. The molecule has 0 spiro atoms. The highest BCUT2D eigenvalue weighted by atomic mass is 16.5. The van der Waals surface area contributed by atoms with Crippen molar-refractivity contribution in [3.05, 3.63) is 129 Å². The molecule has 0 radical (unpaired) electrons. The molecule has 31 nitrogen and oxygen atoms in total. The van der Waals surface area contributed by atoms with Gasteiger partial charge in [-0.05, 0) is 79.7 Å². The van der Waals surface area contributed by atoms with Crippen LogP contribution in [-0.4, -0.2) is 200 Å². The van der Waals surface area contributed by atoms with Gasteiger partial charge < -0.3 is 9.64 Å². The predicted molar refractivity (Wildman–Crippen MR) is 522 cm³/mol. The van der Waals surface area contributed by atoms with Crippen molar-refractivity contribution in [3.63, 3.8) is 0 Å². The maximum atomic E-state index is 13.2.